The number of rotatable bonds is 9. The van der Waals surface area contributed by atoms with E-state index in [-0.39, 0.29) is 0 Å². The Morgan fingerprint density at radius 1 is 1.28 bits per heavy atom. The van der Waals surface area contributed by atoms with E-state index in [9.17, 15) is 9.90 Å². The Bertz CT molecular complexity index is 719. The number of pyridine rings is 1. The summed E-state index contributed by atoms with van der Waals surface area (Å²) < 4.78 is 0. The van der Waals surface area contributed by atoms with Crippen LogP contribution in [0.3, 0.4) is 0 Å². The van der Waals surface area contributed by atoms with Gasteiger partial charge in [-0.15, -0.1) is 0 Å². The molecule has 0 saturated carbocycles. The SMILES string of the molecule is CCN(CC)CCCC(C(=O)O)N(C)c1ccnc2cc(Cl)ccc12. The first kappa shape index (κ1) is 19.5. The fourth-order valence-corrected chi connectivity index (χ4v) is 3.28. The topological polar surface area (TPSA) is 56.7 Å². The number of aliphatic carboxylic acids is 1. The Morgan fingerprint density at radius 2 is 2.00 bits per heavy atom. The number of halogens is 1. The molecule has 6 heteroatoms. The average molecular weight is 364 g/mol. The fraction of sp³-hybridized carbons (Fsp3) is 0.474. The number of aromatic nitrogens is 1. The third kappa shape index (κ3) is 4.83. The van der Waals surface area contributed by atoms with Gasteiger partial charge >= 0.3 is 5.97 Å². The summed E-state index contributed by atoms with van der Waals surface area (Å²) in [5, 5.41) is 11.2. The van der Waals surface area contributed by atoms with Crippen molar-refractivity contribution < 1.29 is 9.90 Å². The zero-order chi connectivity index (χ0) is 18.4. The van der Waals surface area contributed by atoms with E-state index in [1.54, 1.807) is 18.3 Å². The van der Waals surface area contributed by atoms with Crippen LogP contribution >= 0.6 is 11.6 Å². The molecular formula is C19H26ClN3O2. The molecule has 1 atom stereocenters. The van der Waals surface area contributed by atoms with Gasteiger partial charge in [-0.1, -0.05) is 25.4 Å². The molecule has 0 aliphatic rings. The Kier molecular flexibility index (Phi) is 7.02. The molecule has 0 aliphatic carbocycles. The van der Waals surface area contributed by atoms with Crippen molar-refractivity contribution in [3.8, 4) is 0 Å². The second kappa shape index (κ2) is 9.02. The Balaban J connectivity index is 2.20. The van der Waals surface area contributed by atoms with Crippen molar-refractivity contribution in [3.05, 3.63) is 35.5 Å². The maximum atomic E-state index is 11.8. The van der Waals surface area contributed by atoms with Crippen molar-refractivity contribution in [2.45, 2.75) is 32.7 Å². The van der Waals surface area contributed by atoms with Crippen LogP contribution in [0.4, 0.5) is 5.69 Å². The summed E-state index contributed by atoms with van der Waals surface area (Å²) >= 11 is 6.04. The highest BCUT2D eigenvalue weighted by Crippen LogP contribution is 2.28. The largest absolute Gasteiger partial charge is 0.480 e. The molecule has 2 rings (SSSR count). The molecule has 1 aromatic carbocycles. The number of hydrogen-bond donors (Lipinski definition) is 1. The van der Waals surface area contributed by atoms with Gasteiger partial charge in [0.1, 0.15) is 6.04 Å². The zero-order valence-electron chi connectivity index (χ0n) is 15.1. The van der Waals surface area contributed by atoms with E-state index >= 15 is 0 Å². The quantitative estimate of drug-likeness (QED) is 0.732. The van der Waals surface area contributed by atoms with E-state index in [0.717, 1.165) is 42.6 Å². The van der Waals surface area contributed by atoms with Crippen LogP contribution in [0.25, 0.3) is 10.9 Å². The summed E-state index contributed by atoms with van der Waals surface area (Å²) in [6.07, 6.45) is 3.14. The molecule has 0 aliphatic heterocycles. The molecular weight excluding hydrogens is 338 g/mol. The molecule has 5 nitrogen and oxygen atoms in total. The van der Waals surface area contributed by atoms with Gasteiger partial charge in [-0.05, 0) is 56.7 Å². The van der Waals surface area contributed by atoms with Gasteiger partial charge in [-0.25, -0.2) is 4.79 Å². The molecule has 0 radical (unpaired) electrons. The van der Waals surface area contributed by atoms with Crippen LogP contribution in [0, 0.1) is 0 Å². The molecule has 0 spiro atoms. The number of likely N-dealkylation sites (N-methyl/N-ethyl adjacent to an activating group) is 1. The number of fused-ring (bicyclic) bond motifs is 1. The first-order chi connectivity index (χ1) is 12.0. The van der Waals surface area contributed by atoms with Crippen molar-refractivity contribution in [3.63, 3.8) is 0 Å². The van der Waals surface area contributed by atoms with E-state index < -0.39 is 12.0 Å². The van der Waals surface area contributed by atoms with E-state index in [1.165, 1.54) is 0 Å². The zero-order valence-corrected chi connectivity index (χ0v) is 15.8. The predicted octanol–water partition coefficient (Wildman–Crippen LogP) is 3.90. The van der Waals surface area contributed by atoms with Crippen molar-refractivity contribution >= 4 is 34.2 Å². The van der Waals surface area contributed by atoms with Crippen LogP contribution < -0.4 is 4.90 Å². The number of anilines is 1. The fourth-order valence-electron chi connectivity index (χ4n) is 3.11. The highest BCUT2D eigenvalue weighted by atomic mass is 35.5. The number of carboxylic acid groups (broad SMARTS) is 1. The Morgan fingerprint density at radius 3 is 2.64 bits per heavy atom. The first-order valence-electron chi connectivity index (χ1n) is 8.70. The molecule has 0 fully saturated rings. The molecule has 25 heavy (non-hydrogen) atoms. The van der Waals surface area contributed by atoms with Crippen LogP contribution in [0.1, 0.15) is 26.7 Å². The van der Waals surface area contributed by atoms with Crippen LogP contribution in [0.15, 0.2) is 30.5 Å². The lowest BCUT2D eigenvalue weighted by atomic mass is 10.1. The van der Waals surface area contributed by atoms with E-state index in [0.29, 0.717) is 11.4 Å². The molecule has 1 heterocycles. The minimum atomic E-state index is -0.805. The lowest BCUT2D eigenvalue weighted by molar-refractivity contribution is -0.138. The standard InChI is InChI=1S/C19H26ClN3O2/c1-4-23(5-2)12-6-7-18(19(24)25)22(3)17-10-11-21-16-13-14(20)8-9-15(16)17/h8-11,13,18H,4-7,12H2,1-3H3,(H,24,25). The van der Waals surface area contributed by atoms with Crippen LogP contribution in [0.2, 0.25) is 5.02 Å². The van der Waals surface area contributed by atoms with E-state index in [4.69, 9.17) is 11.6 Å². The minimum Gasteiger partial charge on any atom is -0.480 e. The predicted molar refractivity (Wildman–Crippen MR) is 104 cm³/mol. The van der Waals surface area contributed by atoms with Crippen molar-refractivity contribution in [1.82, 2.24) is 9.88 Å². The van der Waals surface area contributed by atoms with E-state index in [1.807, 2.05) is 24.1 Å². The number of carbonyl (C=O) groups is 1. The van der Waals surface area contributed by atoms with E-state index in [2.05, 4.69) is 23.7 Å². The van der Waals surface area contributed by atoms with Gasteiger partial charge in [0, 0.05) is 29.3 Å². The molecule has 0 amide bonds. The third-order valence-corrected chi connectivity index (χ3v) is 4.90. The molecule has 1 unspecified atom stereocenters. The number of carboxylic acids is 1. The van der Waals surface area contributed by atoms with Gasteiger partial charge in [0.05, 0.1) is 5.52 Å². The van der Waals surface area contributed by atoms with Gasteiger partial charge in [-0.3, -0.25) is 4.98 Å². The maximum Gasteiger partial charge on any atom is 0.326 e. The van der Waals surface area contributed by atoms with Crippen molar-refractivity contribution in [2.24, 2.45) is 0 Å². The summed E-state index contributed by atoms with van der Waals surface area (Å²) in [6, 6.07) is 6.78. The van der Waals surface area contributed by atoms with Crippen molar-refractivity contribution in [1.29, 1.82) is 0 Å². The summed E-state index contributed by atoms with van der Waals surface area (Å²) in [4.78, 5) is 20.3. The average Bonchev–Trinajstić information content (AvgIpc) is 2.60. The summed E-state index contributed by atoms with van der Waals surface area (Å²) in [5.41, 5.74) is 1.63. The van der Waals surface area contributed by atoms with Gasteiger partial charge in [0.15, 0.2) is 0 Å². The summed E-state index contributed by atoms with van der Waals surface area (Å²) in [5.74, 6) is -0.805. The highest BCUT2D eigenvalue weighted by Gasteiger charge is 2.24. The molecule has 0 bridgehead atoms. The van der Waals surface area contributed by atoms with Crippen LogP contribution in [-0.2, 0) is 4.79 Å². The maximum absolute atomic E-state index is 11.8. The summed E-state index contributed by atoms with van der Waals surface area (Å²) in [6.45, 7) is 7.13. The number of benzene rings is 1. The Hall–Kier alpha value is -1.85. The lowest BCUT2D eigenvalue weighted by Gasteiger charge is -2.28. The van der Waals surface area contributed by atoms with Gasteiger partial charge in [0.2, 0.25) is 0 Å². The van der Waals surface area contributed by atoms with Crippen LogP contribution in [0.5, 0.6) is 0 Å². The summed E-state index contributed by atoms with van der Waals surface area (Å²) in [7, 11) is 1.83. The lowest BCUT2D eigenvalue weighted by Crippen LogP contribution is -2.39. The Labute approximate surface area is 154 Å². The molecule has 2 aromatic rings. The van der Waals surface area contributed by atoms with Gasteiger partial charge < -0.3 is 14.9 Å². The normalized spacial score (nSPS) is 12.5. The molecule has 1 N–H and O–H groups in total. The molecule has 0 saturated heterocycles. The van der Waals surface area contributed by atoms with Crippen molar-refractivity contribution in [2.75, 3.05) is 31.6 Å². The first-order valence-corrected chi connectivity index (χ1v) is 9.08. The number of hydrogen-bond acceptors (Lipinski definition) is 4. The number of nitrogens with zero attached hydrogens (tertiary/aromatic N) is 3. The smallest absolute Gasteiger partial charge is 0.326 e. The highest BCUT2D eigenvalue weighted by molar-refractivity contribution is 6.31. The molecule has 1 aromatic heterocycles. The molecule has 136 valence electrons. The third-order valence-electron chi connectivity index (χ3n) is 4.66. The van der Waals surface area contributed by atoms with Gasteiger partial charge in [0.25, 0.3) is 0 Å². The van der Waals surface area contributed by atoms with Crippen LogP contribution in [-0.4, -0.2) is 53.7 Å². The monoisotopic (exact) mass is 363 g/mol. The second-order valence-electron chi connectivity index (χ2n) is 6.13. The van der Waals surface area contributed by atoms with Gasteiger partial charge in [-0.2, -0.15) is 0 Å². The second-order valence-corrected chi connectivity index (χ2v) is 6.56. The minimum absolute atomic E-state index is 0.572.